The number of nitriles is 1. The molecular weight excluding hydrogens is 232 g/mol. The van der Waals surface area contributed by atoms with E-state index in [1.165, 1.54) is 32.1 Å². The molecule has 2 nitrogen and oxygen atoms in total. The van der Waals surface area contributed by atoms with Gasteiger partial charge in [0.2, 0.25) is 0 Å². The van der Waals surface area contributed by atoms with Gasteiger partial charge in [0, 0.05) is 12.6 Å². The van der Waals surface area contributed by atoms with Gasteiger partial charge < -0.3 is 5.32 Å². The molecule has 102 valence electrons. The van der Waals surface area contributed by atoms with E-state index in [2.05, 4.69) is 18.3 Å². The van der Waals surface area contributed by atoms with Crippen molar-refractivity contribution in [3.05, 3.63) is 35.9 Å². The molecule has 0 heterocycles. The van der Waals surface area contributed by atoms with E-state index in [-0.39, 0.29) is 5.92 Å². The first kappa shape index (κ1) is 14.1. The van der Waals surface area contributed by atoms with Crippen LogP contribution in [0.3, 0.4) is 0 Å². The molecule has 1 aromatic carbocycles. The number of nitrogens with zero attached hydrogens (tertiary/aromatic N) is 1. The summed E-state index contributed by atoms with van der Waals surface area (Å²) in [4.78, 5) is 0. The Morgan fingerprint density at radius 3 is 2.53 bits per heavy atom. The van der Waals surface area contributed by atoms with E-state index in [9.17, 15) is 5.26 Å². The van der Waals surface area contributed by atoms with Gasteiger partial charge in [-0.25, -0.2) is 0 Å². The summed E-state index contributed by atoms with van der Waals surface area (Å²) in [5.74, 6) is 0.760. The quantitative estimate of drug-likeness (QED) is 0.868. The molecular formula is C17H24N2. The van der Waals surface area contributed by atoms with Crippen LogP contribution in [-0.2, 0) is 0 Å². The Labute approximate surface area is 116 Å². The highest BCUT2D eigenvalue weighted by molar-refractivity contribution is 5.25. The van der Waals surface area contributed by atoms with Crippen molar-refractivity contribution in [2.45, 2.75) is 51.0 Å². The summed E-state index contributed by atoms with van der Waals surface area (Å²) in [7, 11) is 0. The van der Waals surface area contributed by atoms with Gasteiger partial charge in [0.05, 0.1) is 12.0 Å². The molecule has 19 heavy (non-hydrogen) atoms. The molecule has 2 heteroatoms. The molecule has 1 aliphatic rings. The third-order valence-corrected chi connectivity index (χ3v) is 4.36. The Bertz CT molecular complexity index is 401. The predicted octanol–water partition coefficient (Wildman–Crippen LogP) is 3.85. The molecule has 1 saturated carbocycles. The summed E-state index contributed by atoms with van der Waals surface area (Å²) in [6.07, 6.45) is 6.83. The second kappa shape index (κ2) is 7.31. The van der Waals surface area contributed by atoms with Crippen molar-refractivity contribution in [1.82, 2.24) is 5.32 Å². The normalized spacial score (nSPS) is 19.6. The first-order chi connectivity index (χ1) is 9.31. The average Bonchev–Trinajstić information content (AvgIpc) is 2.49. The fraction of sp³-hybridized carbons (Fsp3) is 0.588. The SMILES string of the molecule is CC(NCC(C#N)c1ccccc1)C1CCCCC1. The van der Waals surface area contributed by atoms with Gasteiger partial charge >= 0.3 is 0 Å². The van der Waals surface area contributed by atoms with Crippen LogP contribution in [0.15, 0.2) is 30.3 Å². The molecule has 0 bridgehead atoms. The fourth-order valence-electron chi connectivity index (χ4n) is 3.03. The molecule has 1 fully saturated rings. The molecule has 0 radical (unpaired) electrons. The van der Waals surface area contributed by atoms with Crippen molar-refractivity contribution >= 4 is 0 Å². The van der Waals surface area contributed by atoms with Crippen LogP contribution in [-0.4, -0.2) is 12.6 Å². The van der Waals surface area contributed by atoms with Gasteiger partial charge in [0.25, 0.3) is 0 Å². The molecule has 2 atom stereocenters. The molecule has 0 saturated heterocycles. The molecule has 0 spiro atoms. The molecule has 0 aromatic heterocycles. The fourth-order valence-corrected chi connectivity index (χ4v) is 3.03. The Kier molecular flexibility index (Phi) is 5.42. The monoisotopic (exact) mass is 256 g/mol. The zero-order valence-corrected chi connectivity index (χ0v) is 11.8. The highest BCUT2D eigenvalue weighted by Gasteiger charge is 2.20. The summed E-state index contributed by atoms with van der Waals surface area (Å²) < 4.78 is 0. The molecule has 0 amide bonds. The van der Waals surface area contributed by atoms with Gasteiger partial charge in [-0.2, -0.15) is 5.26 Å². The predicted molar refractivity (Wildman–Crippen MR) is 78.8 cm³/mol. The maximum Gasteiger partial charge on any atom is 0.0837 e. The zero-order chi connectivity index (χ0) is 13.5. The van der Waals surface area contributed by atoms with Gasteiger partial charge in [-0.1, -0.05) is 49.6 Å². The van der Waals surface area contributed by atoms with E-state index in [0.717, 1.165) is 18.0 Å². The maximum absolute atomic E-state index is 9.31. The van der Waals surface area contributed by atoms with Crippen LogP contribution in [0, 0.1) is 17.2 Å². The summed E-state index contributed by atoms with van der Waals surface area (Å²) in [5, 5.41) is 12.9. The summed E-state index contributed by atoms with van der Waals surface area (Å²) >= 11 is 0. The first-order valence-electron chi connectivity index (χ1n) is 7.49. The summed E-state index contributed by atoms with van der Waals surface area (Å²) in [6, 6.07) is 13.0. The minimum atomic E-state index is -0.0350. The Balaban J connectivity index is 1.84. The third kappa shape index (κ3) is 4.08. The van der Waals surface area contributed by atoms with Gasteiger partial charge in [-0.05, 0) is 31.2 Å². The molecule has 2 rings (SSSR count). The van der Waals surface area contributed by atoms with Crippen LogP contribution in [0.5, 0.6) is 0 Å². The van der Waals surface area contributed by atoms with Crippen molar-refractivity contribution in [1.29, 1.82) is 5.26 Å². The second-order valence-electron chi connectivity index (χ2n) is 5.69. The van der Waals surface area contributed by atoms with Gasteiger partial charge in [0.1, 0.15) is 0 Å². The molecule has 2 unspecified atom stereocenters. The van der Waals surface area contributed by atoms with Gasteiger partial charge in [0.15, 0.2) is 0 Å². The average molecular weight is 256 g/mol. The van der Waals surface area contributed by atoms with Crippen LogP contribution in [0.1, 0.15) is 50.5 Å². The van der Waals surface area contributed by atoms with Crippen molar-refractivity contribution in [3.8, 4) is 6.07 Å². The minimum Gasteiger partial charge on any atom is -0.312 e. The zero-order valence-electron chi connectivity index (χ0n) is 11.8. The minimum absolute atomic E-state index is 0.0350. The van der Waals surface area contributed by atoms with E-state index in [4.69, 9.17) is 0 Å². The number of hydrogen-bond donors (Lipinski definition) is 1. The molecule has 1 aliphatic carbocycles. The van der Waals surface area contributed by atoms with E-state index in [0.29, 0.717) is 6.04 Å². The van der Waals surface area contributed by atoms with E-state index < -0.39 is 0 Å². The smallest absolute Gasteiger partial charge is 0.0837 e. The van der Waals surface area contributed by atoms with Crippen molar-refractivity contribution in [2.24, 2.45) is 5.92 Å². The second-order valence-corrected chi connectivity index (χ2v) is 5.69. The lowest BCUT2D eigenvalue weighted by Crippen LogP contribution is -2.37. The lowest BCUT2D eigenvalue weighted by Gasteiger charge is -2.29. The van der Waals surface area contributed by atoms with E-state index in [1.54, 1.807) is 0 Å². The topological polar surface area (TPSA) is 35.8 Å². The van der Waals surface area contributed by atoms with Crippen LogP contribution in [0.2, 0.25) is 0 Å². The largest absolute Gasteiger partial charge is 0.312 e. The van der Waals surface area contributed by atoms with Gasteiger partial charge in [-0.15, -0.1) is 0 Å². The van der Waals surface area contributed by atoms with E-state index in [1.807, 2.05) is 30.3 Å². The number of rotatable bonds is 5. The molecule has 1 aromatic rings. The number of benzene rings is 1. The number of hydrogen-bond acceptors (Lipinski definition) is 2. The van der Waals surface area contributed by atoms with Crippen molar-refractivity contribution in [3.63, 3.8) is 0 Å². The third-order valence-electron chi connectivity index (χ3n) is 4.36. The van der Waals surface area contributed by atoms with Crippen LogP contribution in [0.4, 0.5) is 0 Å². The van der Waals surface area contributed by atoms with Crippen LogP contribution < -0.4 is 5.32 Å². The van der Waals surface area contributed by atoms with Crippen molar-refractivity contribution < 1.29 is 0 Å². The van der Waals surface area contributed by atoms with Crippen LogP contribution in [0.25, 0.3) is 0 Å². The highest BCUT2D eigenvalue weighted by atomic mass is 14.9. The summed E-state index contributed by atoms with van der Waals surface area (Å²) in [5.41, 5.74) is 1.12. The van der Waals surface area contributed by atoms with Gasteiger partial charge in [-0.3, -0.25) is 0 Å². The highest BCUT2D eigenvalue weighted by Crippen LogP contribution is 2.26. The number of nitrogens with one attached hydrogen (secondary N) is 1. The molecule has 1 N–H and O–H groups in total. The maximum atomic E-state index is 9.31. The van der Waals surface area contributed by atoms with E-state index >= 15 is 0 Å². The lowest BCUT2D eigenvalue weighted by molar-refractivity contribution is 0.281. The van der Waals surface area contributed by atoms with Crippen molar-refractivity contribution in [2.75, 3.05) is 6.54 Å². The lowest BCUT2D eigenvalue weighted by atomic mass is 9.84. The first-order valence-corrected chi connectivity index (χ1v) is 7.49. The summed E-state index contributed by atoms with van der Waals surface area (Å²) in [6.45, 7) is 3.04. The Hall–Kier alpha value is -1.33. The Morgan fingerprint density at radius 1 is 1.21 bits per heavy atom. The standard InChI is InChI=1S/C17H24N2/c1-14(15-8-4-2-5-9-15)19-13-17(12-18)16-10-6-3-7-11-16/h3,6-7,10-11,14-15,17,19H,2,4-5,8-9,13H2,1H3. The van der Waals surface area contributed by atoms with Crippen LogP contribution >= 0.6 is 0 Å². The Morgan fingerprint density at radius 2 is 1.89 bits per heavy atom. The molecule has 0 aliphatic heterocycles.